The van der Waals surface area contributed by atoms with E-state index in [2.05, 4.69) is 17.4 Å². The monoisotopic (exact) mass is 304 g/mol. The second-order valence-electron chi connectivity index (χ2n) is 6.06. The molecule has 2 aliphatic rings. The third-order valence-electron chi connectivity index (χ3n) is 4.39. The molecule has 5 nitrogen and oxygen atoms in total. The Morgan fingerprint density at radius 3 is 2.86 bits per heavy atom. The molecule has 2 heterocycles. The molecule has 22 heavy (non-hydrogen) atoms. The smallest absolute Gasteiger partial charge is 0.317 e. The van der Waals surface area contributed by atoms with Gasteiger partial charge in [-0.3, -0.25) is 0 Å². The third-order valence-corrected chi connectivity index (χ3v) is 4.39. The Morgan fingerprint density at radius 1 is 1.27 bits per heavy atom. The first-order valence-electron chi connectivity index (χ1n) is 8.05. The second kappa shape index (κ2) is 7.11. The number of benzene rings is 1. The lowest BCUT2D eigenvalue weighted by molar-refractivity contribution is -0.00374. The standard InChI is InChI=1S/C17H24N2O3/c1-13-12-19(8-10-21-13)17(20)18-11-15-7-9-22-16(15)14-5-3-2-4-6-14/h2-6,13,15-16H,7-12H2,1H3,(H,18,20)/t13-,15+,16-/m1/s1. The van der Waals surface area contributed by atoms with Gasteiger partial charge in [0.2, 0.25) is 0 Å². The van der Waals surface area contributed by atoms with Crippen molar-refractivity contribution in [2.45, 2.75) is 25.6 Å². The number of nitrogens with zero attached hydrogens (tertiary/aromatic N) is 1. The van der Waals surface area contributed by atoms with Gasteiger partial charge in [-0.2, -0.15) is 0 Å². The van der Waals surface area contributed by atoms with Crippen LogP contribution in [0.5, 0.6) is 0 Å². The zero-order valence-corrected chi connectivity index (χ0v) is 13.0. The maximum atomic E-state index is 12.3. The van der Waals surface area contributed by atoms with Gasteiger partial charge in [0.05, 0.1) is 18.8 Å². The van der Waals surface area contributed by atoms with Crippen LogP contribution in [0.3, 0.4) is 0 Å². The molecule has 1 N–H and O–H groups in total. The lowest BCUT2D eigenvalue weighted by atomic mass is 9.95. The highest BCUT2D eigenvalue weighted by Crippen LogP contribution is 2.33. The van der Waals surface area contributed by atoms with E-state index in [9.17, 15) is 4.79 Å². The summed E-state index contributed by atoms with van der Waals surface area (Å²) in [6.07, 6.45) is 1.19. The lowest BCUT2D eigenvalue weighted by Gasteiger charge is -2.31. The summed E-state index contributed by atoms with van der Waals surface area (Å²) in [7, 11) is 0. The van der Waals surface area contributed by atoms with Crippen LogP contribution in [-0.4, -0.2) is 49.9 Å². The van der Waals surface area contributed by atoms with Gasteiger partial charge in [-0.05, 0) is 18.9 Å². The summed E-state index contributed by atoms with van der Waals surface area (Å²) in [5.41, 5.74) is 1.19. The maximum Gasteiger partial charge on any atom is 0.317 e. The van der Waals surface area contributed by atoms with Gasteiger partial charge < -0.3 is 19.7 Å². The number of carbonyl (C=O) groups is 1. The molecular weight excluding hydrogens is 280 g/mol. The molecule has 3 atom stereocenters. The van der Waals surface area contributed by atoms with Crippen LogP contribution in [0.2, 0.25) is 0 Å². The first-order chi connectivity index (χ1) is 10.7. The van der Waals surface area contributed by atoms with E-state index in [1.54, 1.807) is 0 Å². The molecule has 5 heteroatoms. The summed E-state index contributed by atoms with van der Waals surface area (Å²) >= 11 is 0. The van der Waals surface area contributed by atoms with Crippen LogP contribution in [0.1, 0.15) is 25.0 Å². The number of nitrogens with one attached hydrogen (secondary N) is 1. The van der Waals surface area contributed by atoms with Gasteiger partial charge in [-0.1, -0.05) is 30.3 Å². The van der Waals surface area contributed by atoms with E-state index in [1.165, 1.54) is 5.56 Å². The van der Waals surface area contributed by atoms with Crippen LogP contribution >= 0.6 is 0 Å². The highest BCUT2D eigenvalue weighted by Gasteiger charge is 2.30. The van der Waals surface area contributed by atoms with E-state index in [0.717, 1.165) is 13.0 Å². The topological polar surface area (TPSA) is 50.8 Å². The number of urea groups is 1. The number of ether oxygens (including phenoxy) is 2. The van der Waals surface area contributed by atoms with Crippen molar-refractivity contribution in [3.05, 3.63) is 35.9 Å². The summed E-state index contributed by atoms with van der Waals surface area (Å²) in [6, 6.07) is 10.3. The van der Waals surface area contributed by atoms with Crippen LogP contribution in [0.25, 0.3) is 0 Å². The fourth-order valence-corrected chi connectivity index (χ4v) is 3.19. The molecule has 0 aromatic heterocycles. The molecule has 1 aromatic rings. The summed E-state index contributed by atoms with van der Waals surface area (Å²) < 4.78 is 11.3. The minimum absolute atomic E-state index is 0.00821. The Morgan fingerprint density at radius 2 is 2.09 bits per heavy atom. The van der Waals surface area contributed by atoms with Crippen molar-refractivity contribution >= 4 is 6.03 Å². The van der Waals surface area contributed by atoms with Gasteiger partial charge in [0.25, 0.3) is 0 Å². The molecule has 1 aromatic carbocycles. The van der Waals surface area contributed by atoms with Crippen molar-refractivity contribution in [3.8, 4) is 0 Å². The molecule has 2 saturated heterocycles. The highest BCUT2D eigenvalue weighted by molar-refractivity contribution is 5.74. The maximum absolute atomic E-state index is 12.3. The largest absolute Gasteiger partial charge is 0.375 e. The summed E-state index contributed by atoms with van der Waals surface area (Å²) in [6.45, 7) is 5.36. The van der Waals surface area contributed by atoms with Crippen molar-refractivity contribution in [2.24, 2.45) is 5.92 Å². The number of rotatable bonds is 3. The van der Waals surface area contributed by atoms with Gasteiger partial charge in [0.15, 0.2) is 0 Å². The zero-order valence-electron chi connectivity index (χ0n) is 13.0. The Kier molecular flexibility index (Phi) is 4.95. The molecule has 0 saturated carbocycles. The Balaban J connectivity index is 1.53. The van der Waals surface area contributed by atoms with Crippen molar-refractivity contribution in [2.75, 3.05) is 32.8 Å². The van der Waals surface area contributed by atoms with Crippen molar-refractivity contribution in [1.82, 2.24) is 10.2 Å². The van der Waals surface area contributed by atoms with E-state index < -0.39 is 0 Å². The third kappa shape index (κ3) is 3.59. The van der Waals surface area contributed by atoms with Crippen LogP contribution in [0.15, 0.2) is 30.3 Å². The van der Waals surface area contributed by atoms with E-state index in [4.69, 9.17) is 9.47 Å². The Bertz CT molecular complexity index is 494. The van der Waals surface area contributed by atoms with Crippen molar-refractivity contribution < 1.29 is 14.3 Å². The average molecular weight is 304 g/mol. The van der Waals surface area contributed by atoms with Gasteiger partial charge >= 0.3 is 6.03 Å². The number of carbonyl (C=O) groups excluding carboxylic acids is 1. The highest BCUT2D eigenvalue weighted by atomic mass is 16.5. The zero-order chi connectivity index (χ0) is 15.4. The molecule has 2 aliphatic heterocycles. The molecular formula is C17H24N2O3. The SMILES string of the molecule is C[C@@H]1CN(C(=O)NC[C@@H]2CCO[C@@H]2c2ccccc2)CCO1. The van der Waals surface area contributed by atoms with E-state index in [1.807, 2.05) is 30.0 Å². The van der Waals surface area contributed by atoms with Crippen LogP contribution < -0.4 is 5.32 Å². The first-order valence-corrected chi connectivity index (χ1v) is 8.05. The lowest BCUT2D eigenvalue weighted by Crippen LogP contribution is -2.49. The predicted molar refractivity (Wildman–Crippen MR) is 83.6 cm³/mol. The molecule has 3 rings (SSSR count). The van der Waals surface area contributed by atoms with E-state index in [-0.39, 0.29) is 18.2 Å². The Hall–Kier alpha value is -1.59. The molecule has 0 bridgehead atoms. The molecule has 0 aliphatic carbocycles. The molecule has 2 amide bonds. The second-order valence-corrected chi connectivity index (χ2v) is 6.06. The summed E-state index contributed by atoms with van der Waals surface area (Å²) in [5, 5.41) is 3.07. The molecule has 0 unspecified atom stereocenters. The normalized spacial score (nSPS) is 28.6. The summed E-state index contributed by atoms with van der Waals surface area (Å²) in [5.74, 6) is 0.338. The minimum Gasteiger partial charge on any atom is -0.375 e. The van der Waals surface area contributed by atoms with E-state index >= 15 is 0 Å². The fourth-order valence-electron chi connectivity index (χ4n) is 3.19. The van der Waals surface area contributed by atoms with Gasteiger partial charge in [0.1, 0.15) is 0 Å². The molecule has 0 radical (unpaired) electrons. The number of morpholine rings is 1. The van der Waals surface area contributed by atoms with Gasteiger partial charge in [0, 0.05) is 32.2 Å². The first kappa shape index (κ1) is 15.3. The minimum atomic E-state index is 0.00821. The van der Waals surface area contributed by atoms with E-state index in [0.29, 0.717) is 32.2 Å². The number of hydrogen-bond acceptors (Lipinski definition) is 3. The van der Waals surface area contributed by atoms with Crippen molar-refractivity contribution in [3.63, 3.8) is 0 Å². The van der Waals surface area contributed by atoms with Crippen LogP contribution in [0, 0.1) is 5.92 Å². The number of amides is 2. The van der Waals surface area contributed by atoms with Crippen molar-refractivity contribution in [1.29, 1.82) is 0 Å². The molecule has 120 valence electrons. The fraction of sp³-hybridized carbons (Fsp3) is 0.588. The van der Waals surface area contributed by atoms with Gasteiger partial charge in [-0.15, -0.1) is 0 Å². The Labute approximate surface area is 131 Å². The average Bonchev–Trinajstić information content (AvgIpc) is 3.02. The quantitative estimate of drug-likeness (QED) is 0.931. The summed E-state index contributed by atoms with van der Waals surface area (Å²) in [4.78, 5) is 14.1. The molecule has 2 fully saturated rings. The molecule has 0 spiro atoms. The van der Waals surface area contributed by atoms with Crippen LogP contribution in [0.4, 0.5) is 4.79 Å². The van der Waals surface area contributed by atoms with Crippen LogP contribution in [-0.2, 0) is 9.47 Å². The van der Waals surface area contributed by atoms with Gasteiger partial charge in [-0.25, -0.2) is 4.79 Å². The number of hydrogen-bond donors (Lipinski definition) is 1. The predicted octanol–water partition coefficient (Wildman–Crippen LogP) is 2.19.